The van der Waals surface area contributed by atoms with Crippen LogP contribution in [0, 0.1) is 6.92 Å². The van der Waals surface area contributed by atoms with Crippen molar-refractivity contribution >= 4 is 38.5 Å². The van der Waals surface area contributed by atoms with Crippen molar-refractivity contribution < 1.29 is 4.74 Å². The number of H-pyrrole nitrogens is 1. The van der Waals surface area contributed by atoms with E-state index in [9.17, 15) is 0 Å². The molecule has 1 fully saturated rings. The Bertz CT molecular complexity index is 1140. The molecule has 0 unspecified atom stereocenters. The van der Waals surface area contributed by atoms with Crippen molar-refractivity contribution in [2.45, 2.75) is 51.7 Å². The number of hydrogen-bond donors (Lipinski definition) is 2. The Morgan fingerprint density at radius 2 is 2.07 bits per heavy atom. The van der Waals surface area contributed by atoms with Gasteiger partial charge in [-0.2, -0.15) is 4.98 Å². The van der Waals surface area contributed by atoms with E-state index in [-0.39, 0.29) is 0 Å². The van der Waals surface area contributed by atoms with Crippen molar-refractivity contribution in [3.05, 3.63) is 35.6 Å². The molecule has 2 N–H and O–H groups in total. The summed E-state index contributed by atoms with van der Waals surface area (Å²) in [5, 5.41) is 5.63. The number of anilines is 1. The van der Waals surface area contributed by atoms with Crippen molar-refractivity contribution in [1.29, 1.82) is 0 Å². The van der Waals surface area contributed by atoms with E-state index in [2.05, 4.69) is 45.4 Å². The van der Waals surface area contributed by atoms with Crippen molar-refractivity contribution in [1.82, 2.24) is 19.9 Å². The van der Waals surface area contributed by atoms with Crippen LogP contribution in [-0.2, 0) is 4.74 Å². The van der Waals surface area contributed by atoms with Crippen LogP contribution in [0.15, 0.2) is 30.6 Å². The summed E-state index contributed by atoms with van der Waals surface area (Å²) in [6, 6.07) is 6.82. The van der Waals surface area contributed by atoms with Crippen molar-refractivity contribution in [2.24, 2.45) is 0 Å². The van der Waals surface area contributed by atoms with Gasteiger partial charge in [0.25, 0.3) is 0 Å². The number of nitrogens with zero attached hydrogens (tertiary/aromatic N) is 3. The Morgan fingerprint density at radius 1 is 1.21 bits per heavy atom. The number of thiazole rings is 1. The molecule has 0 amide bonds. The van der Waals surface area contributed by atoms with E-state index in [1.54, 1.807) is 11.3 Å². The second-order valence-corrected chi connectivity index (χ2v) is 8.88. The summed E-state index contributed by atoms with van der Waals surface area (Å²) in [6.45, 7) is 4.91. The van der Waals surface area contributed by atoms with Gasteiger partial charge in [-0.3, -0.25) is 0 Å². The molecule has 0 atom stereocenters. The van der Waals surface area contributed by atoms with Gasteiger partial charge in [0, 0.05) is 36.0 Å². The van der Waals surface area contributed by atoms with Crippen molar-refractivity contribution in [2.75, 3.05) is 11.9 Å². The van der Waals surface area contributed by atoms with Gasteiger partial charge >= 0.3 is 0 Å². The maximum atomic E-state index is 5.74. The smallest absolute Gasteiger partial charge is 0.224 e. The lowest BCUT2D eigenvalue weighted by Gasteiger charge is -2.28. The molecule has 0 radical (unpaired) electrons. The first-order valence-electron chi connectivity index (χ1n) is 10.3. The van der Waals surface area contributed by atoms with Crippen LogP contribution in [0.2, 0.25) is 0 Å². The minimum Gasteiger partial charge on any atom is -0.379 e. The molecule has 7 heteroatoms. The number of fused-ring (bicyclic) bond motifs is 2. The average Bonchev–Trinajstić information content (AvgIpc) is 3.31. The Morgan fingerprint density at radius 3 is 2.90 bits per heavy atom. The molecule has 1 aromatic carbocycles. The number of benzene rings is 1. The Kier molecular flexibility index (Phi) is 4.93. The van der Waals surface area contributed by atoms with Gasteiger partial charge in [-0.15, -0.1) is 11.3 Å². The fourth-order valence-corrected chi connectivity index (χ4v) is 5.08. The molecule has 1 aliphatic rings. The lowest BCUT2D eigenvalue weighted by Crippen LogP contribution is -2.30. The number of ether oxygens (including phenoxy) is 1. The fraction of sp³-hybridized carbons (Fsp3) is 0.409. The summed E-state index contributed by atoms with van der Waals surface area (Å²) in [4.78, 5) is 17.2. The number of rotatable bonds is 5. The molecule has 3 heterocycles. The summed E-state index contributed by atoms with van der Waals surface area (Å²) in [5.41, 5.74) is 4.20. The van der Waals surface area contributed by atoms with Crippen LogP contribution in [-0.4, -0.2) is 38.7 Å². The first-order valence-corrected chi connectivity index (χ1v) is 11.1. The first-order chi connectivity index (χ1) is 14.2. The molecular weight excluding hydrogens is 382 g/mol. The molecule has 29 heavy (non-hydrogen) atoms. The summed E-state index contributed by atoms with van der Waals surface area (Å²) in [6.07, 6.45) is 8.73. The van der Waals surface area contributed by atoms with E-state index < -0.39 is 0 Å². The van der Waals surface area contributed by atoms with Crippen LogP contribution in [0.25, 0.3) is 32.4 Å². The van der Waals surface area contributed by atoms with Gasteiger partial charge in [0.2, 0.25) is 5.95 Å². The molecule has 3 aromatic heterocycles. The molecule has 150 valence electrons. The highest BCUT2D eigenvalue weighted by Crippen LogP contribution is 2.32. The van der Waals surface area contributed by atoms with Gasteiger partial charge in [-0.05, 0) is 57.2 Å². The van der Waals surface area contributed by atoms with Gasteiger partial charge in [0.1, 0.15) is 5.65 Å². The summed E-state index contributed by atoms with van der Waals surface area (Å²) >= 11 is 1.72. The largest absolute Gasteiger partial charge is 0.379 e. The zero-order chi connectivity index (χ0) is 19.8. The third-order valence-electron chi connectivity index (χ3n) is 5.65. The Labute approximate surface area is 173 Å². The normalized spacial score (nSPS) is 19.8. The summed E-state index contributed by atoms with van der Waals surface area (Å²) in [7, 11) is 0. The lowest BCUT2D eigenvalue weighted by atomic mass is 9.93. The number of aromatic amines is 1. The monoisotopic (exact) mass is 407 g/mol. The molecule has 6 nitrogen and oxygen atoms in total. The average molecular weight is 408 g/mol. The standard InChI is InChI=1S/C22H25N5OS/c1-3-28-16-7-5-15(6-8-16)26-22-24-12-18-17(11-23-21(18)27-22)14-4-9-19-20(10-14)29-13(2)25-19/h4,9-12,15-16H,3,5-8H2,1-2H3,(H2,23,24,26,27)/t15-,16+. The van der Waals surface area contributed by atoms with E-state index in [4.69, 9.17) is 9.72 Å². The minimum atomic E-state index is 0.409. The van der Waals surface area contributed by atoms with Crippen LogP contribution in [0.1, 0.15) is 37.6 Å². The fourth-order valence-electron chi connectivity index (χ4n) is 4.22. The number of aryl methyl sites for hydroxylation is 1. The predicted octanol–water partition coefficient (Wildman–Crippen LogP) is 5.30. The second kappa shape index (κ2) is 7.72. The van der Waals surface area contributed by atoms with E-state index >= 15 is 0 Å². The Balaban J connectivity index is 1.35. The van der Waals surface area contributed by atoms with Crippen LogP contribution < -0.4 is 5.32 Å². The number of aromatic nitrogens is 4. The predicted molar refractivity (Wildman–Crippen MR) is 119 cm³/mol. The maximum absolute atomic E-state index is 5.74. The number of hydrogen-bond acceptors (Lipinski definition) is 6. The molecule has 0 spiro atoms. The van der Waals surface area contributed by atoms with Gasteiger partial charge in [-0.25, -0.2) is 9.97 Å². The van der Waals surface area contributed by atoms with Crippen LogP contribution in [0.4, 0.5) is 5.95 Å². The minimum absolute atomic E-state index is 0.409. The van der Waals surface area contributed by atoms with Gasteiger partial charge in [0.05, 0.1) is 21.3 Å². The molecule has 0 aliphatic heterocycles. The number of nitrogens with one attached hydrogen (secondary N) is 2. The van der Waals surface area contributed by atoms with Gasteiger partial charge < -0.3 is 15.0 Å². The quantitative estimate of drug-likeness (QED) is 0.469. The van der Waals surface area contributed by atoms with Crippen molar-refractivity contribution in [3.8, 4) is 11.1 Å². The molecule has 5 rings (SSSR count). The van der Waals surface area contributed by atoms with E-state index in [0.29, 0.717) is 18.1 Å². The molecule has 1 aliphatic carbocycles. The SMILES string of the molecule is CCO[C@H]1CC[C@@H](Nc2ncc3c(-c4ccc5nc(C)sc5c4)c[nH]c3n2)CC1. The van der Waals surface area contributed by atoms with Gasteiger partial charge in [0.15, 0.2) is 0 Å². The highest BCUT2D eigenvalue weighted by Gasteiger charge is 2.22. The van der Waals surface area contributed by atoms with Gasteiger partial charge in [-0.1, -0.05) is 6.07 Å². The zero-order valence-electron chi connectivity index (χ0n) is 16.7. The third kappa shape index (κ3) is 3.72. The van der Waals surface area contributed by atoms with E-state index in [0.717, 1.165) is 65.0 Å². The molecule has 0 saturated heterocycles. The second-order valence-electron chi connectivity index (χ2n) is 7.65. The zero-order valence-corrected chi connectivity index (χ0v) is 17.6. The molecule has 1 saturated carbocycles. The molecule has 4 aromatic rings. The van der Waals surface area contributed by atoms with Crippen LogP contribution in [0.3, 0.4) is 0 Å². The van der Waals surface area contributed by atoms with Crippen LogP contribution in [0.5, 0.6) is 0 Å². The maximum Gasteiger partial charge on any atom is 0.224 e. The molecule has 0 bridgehead atoms. The lowest BCUT2D eigenvalue weighted by molar-refractivity contribution is 0.0346. The topological polar surface area (TPSA) is 75.7 Å². The highest BCUT2D eigenvalue weighted by atomic mass is 32.1. The molecular formula is C22H25N5OS. The highest BCUT2D eigenvalue weighted by molar-refractivity contribution is 7.18. The first kappa shape index (κ1) is 18.5. The summed E-state index contributed by atoms with van der Waals surface area (Å²) in [5.74, 6) is 0.694. The Hall–Kier alpha value is -2.51. The van der Waals surface area contributed by atoms with Crippen molar-refractivity contribution in [3.63, 3.8) is 0 Å². The van der Waals surface area contributed by atoms with E-state index in [1.807, 2.05) is 19.3 Å². The third-order valence-corrected chi connectivity index (χ3v) is 6.58. The summed E-state index contributed by atoms with van der Waals surface area (Å²) < 4.78 is 6.95. The van der Waals surface area contributed by atoms with E-state index in [1.165, 1.54) is 4.70 Å². The van der Waals surface area contributed by atoms with Crippen LogP contribution >= 0.6 is 11.3 Å².